The van der Waals surface area contributed by atoms with Gasteiger partial charge in [-0.25, -0.2) is 4.98 Å². The number of nitrogens with one attached hydrogen (secondary N) is 1. The molecule has 3 nitrogen and oxygen atoms in total. The molecule has 0 aliphatic carbocycles. The Labute approximate surface area is 120 Å². The lowest BCUT2D eigenvalue weighted by Crippen LogP contribution is -2.17. The standard InChI is InChI=1S/C13H16BrN3S/c1-9-8-18-13(17-9)4-5-16-7-10-6-11(15)2-3-12(10)14/h2-3,6,8,16H,4-5,7,15H2,1H3. The van der Waals surface area contributed by atoms with Crippen molar-refractivity contribution in [2.24, 2.45) is 0 Å². The normalized spacial score (nSPS) is 10.8. The highest BCUT2D eigenvalue weighted by Crippen LogP contribution is 2.19. The van der Waals surface area contributed by atoms with Crippen LogP contribution in [0, 0.1) is 6.92 Å². The maximum absolute atomic E-state index is 5.77. The molecule has 2 aromatic rings. The Morgan fingerprint density at radius 3 is 3.00 bits per heavy atom. The van der Waals surface area contributed by atoms with Crippen LogP contribution in [-0.2, 0) is 13.0 Å². The molecule has 0 unspecified atom stereocenters. The number of benzene rings is 1. The lowest BCUT2D eigenvalue weighted by Gasteiger charge is -2.07. The first-order valence-electron chi connectivity index (χ1n) is 5.81. The Balaban J connectivity index is 1.80. The molecule has 1 aromatic carbocycles. The Bertz CT molecular complexity index is 525. The number of rotatable bonds is 5. The molecule has 0 spiro atoms. The van der Waals surface area contributed by atoms with E-state index in [-0.39, 0.29) is 0 Å². The van der Waals surface area contributed by atoms with Gasteiger partial charge in [0.2, 0.25) is 0 Å². The fourth-order valence-electron chi connectivity index (χ4n) is 1.67. The topological polar surface area (TPSA) is 50.9 Å². The zero-order chi connectivity index (χ0) is 13.0. The number of hydrogen-bond donors (Lipinski definition) is 2. The van der Waals surface area contributed by atoms with Gasteiger partial charge in [0, 0.05) is 40.7 Å². The molecule has 2 rings (SSSR count). The summed E-state index contributed by atoms with van der Waals surface area (Å²) in [6, 6.07) is 5.87. The van der Waals surface area contributed by atoms with Gasteiger partial charge in [0.15, 0.2) is 0 Å². The first-order valence-corrected chi connectivity index (χ1v) is 7.48. The molecule has 5 heteroatoms. The van der Waals surface area contributed by atoms with E-state index in [1.165, 1.54) is 10.6 Å². The molecule has 1 aromatic heterocycles. The SMILES string of the molecule is Cc1csc(CCNCc2cc(N)ccc2Br)n1. The van der Waals surface area contributed by atoms with E-state index in [1.54, 1.807) is 11.3 Å². The quantitative estimate of drug-likeness (QED) is 0.656. The number of nitrogens with two attached hydrogens (primary N) is 1. The average Bonchev–Trinajstić information content (AvgIpc) is 2.75. The van der Waals surface area contributed by atoms with Gasteiger partial charge in [0.1, 0.15) is 0 Å². The van der Waals surface area contributed by atoms with Crippen LogP contribution in [0.5, 0.6) is 0 Å². The highest BCUT2D eigenvalue weighted by atomic mass is 79.9. The van der Waals surface area contributed by atoms with Crippen LogP contribution in [0.1, 0.15) is 16.3 Å². The molecule has 96 valence electrons. The molecule has 3 N–H and O–H groups in total. The number of halogens is 1. The Hall–Kier alpha value is -0.910. The van der Waals surface area contributed by atoms with Gasteiger partial charge in [-0.3, -0.25) is 0 Å². The minimum Gasteiger partial charge on any atom is -0.399 e. The number of aromatic nitrogens is 1. The van der Waals surface area contributed by atoms with E-state index in [1.807, 2.05) is 25.1 Å². The first kappa shape index (κ1) is 13.5. The van der Waals surface area contributed by atoms with E-state index in [2.05, 4.69) is 31.6 Å². The first-order chi connectivity index (χ1) is 8.65. The number of nitrogen functional groups attached to an aromatic ring is 1. The third kappa shape index (κ3) is 3.80. The van der Waals surface area contributed by atoms with Crippen LogP contribution in [0.2, 0.25) is 0 Å². The molecular formula is C13H16BrN3S. The molecular weight excluding hydrogens is 310 g/mol. The van der Waals surface area contributed by atoms with Gasteiger partial charge in [-0.2, -0.15) is 0 Å². The smallest absolute Gasteiger partial charge is 0.0940 e. The lowest BCUT2D eigenvalue weighted by atomic mass is 10.2. The van der Waals surface area contributed by atoms with Crippen molar-refractivity contribution >= 4 is 33.0 Å². The van der Waals surface area contributed by atoms with E-state index in [0.717, 1.165) is 35.4 Å². The second-order valence-electron chi connectivity index (χ2n) is 4.16. The Morgan fingerprint density at radius 1 is 1.44 bits per heavy atom. The molecule has 1 heterocycles. The largest absolute Gasteiger partial charge is 0.399 e. The van der Waals surface area contributed by atoms with Crippen molar-refractivity contribution in [3.8, 4) is 0 Å². The summed E-state index contributed by atoms with van der Waals surface area (Å²) in [4.78, 5) is 4.44. The molecule has 0 aliphatic heterocycles. The Morgan fingerprint density at radius 2 is 2.28 bits per heavy atom. The number of hydrogen-bond acceptors (Lipinski definition) is 4. The van der Waals surface area contributed by atoms with Crippen LogP contribution in [0.15, 0.2) is 28.1 Å². The van der Waals surface area contributed by atoms with Crippen molar-refractivity contribution < 1.29 is 0 Å². The van der Waals surface area contributed by atoms with Crippen molar-refractivity contribution in [3.63, 3.8) is 0 Å². The van der Waals surface area contributed by atoms with Crippen LogP contribution in [0.4, 0.5) is 5.69 Å². The average molecular weight is 326 g/mol. The third-order valence-electron chi connectivity index (χ3n) is 2.57. The summed E-state index contributed by atoms with van der Waals surface area (Å²) in [5, 5.41) is 6.68. The summed E-state index contributed by atoms with van der Waals surface area (Å²) in [6.07, 6.45) is 0.971. The molecule has 0 saturated heterocycles. The molecule has 0 atom stereocenters. The highest BCUT2D eigenvalue weighted by Gasteiger charge is 2.01. The third-order valence-corrected chi connectivity index (χ3v) is 4.37. The van der Waals surface area contributed by atoms with Crippen molar-refractivity contribution in [3.05, 3.63) is 44.3 Å². The predicted molar refractivity (Wildman–Crippen MR) is 80.8 cm³/mol. The van der Waals surface area contributed by atoms with Crippen LogP contribution in [-0.4, -0.2) is 11.5 Å². The van der Waals surface area contributed by atoms with E-state index in [4.69, 9.17) is 5.73 Å². The monoisotopic (exact) mass is 325 g/mol. The summed E-state index contributed by atoms with van der Waals surface area (Å²) < 4.78 is 1.09. The fraction of sp³-hybridized carbons (Fsp3) is 0.308. The lowest BCUT2D eigenvalue weighted by molar-refractivity contribution is 0.683. The zero-order valence-electron chi connectivity index (χ0n) is 10.2. The number of thiazole rings is 1. The molecule has 18 heavy (non-hydrogen) atoms. The van der Waals surface area contributed by atoms with Crippen LogP contribution in [0.25, 0.3) is 0 Å². The van der Waals surface area contributed by atoms with Crippen LogP contribution in [0.3, 0.4) is 0 Å². The summed E-state index contributed by atoms with van der Waals surface area (Å²) in [5.41, 5.74) is 8.86. The van der Waals surface area contributed by atoms with E-state index in [0.29, 0.717) is 0 Å². The van der Waals surface area contributed by atoms with Crippen LogP contribution < -0.4 is 11.1 Å². The summed E-state index contributed by atoms with van der Waals surface area (Å²) in [6.45, 7) is 3.77. The second-order valence-corrected chi connectivity index (χ2v) is 5.96. The van der Waals surface area contributed by atoms with Crippen molar-refractivity contribution in [1.29, 1.82) is 0 Å². The van der Waals surface area contributed by atoms with E-state index in [9.17, 15) is 0 Å². The zero-order valence-corrected chi connectivity index (χ0v) is 12.6. The molecule has 0 amide bonds. The molecule has 0 radical (unpaired) electrons. The molecule has 0 bridgehead atoms. The van der Waals surface area contributed by atoms with E-state index < -0.39 is 0 Å². The van der Waals surface area contributed by atoms with Crippen molar-refractivity contribution in [2.75, 3.05) is 12.3 Å². The van der Waals surface area contributed by atoms with Gasteiger partial charge in [-0.05, 0) is 30.7 Å². The van der Waals surface area contributed by atoms with E-state index >= 15 is 0 Å². The minimum atomic E-state index is 0.797. The van der Waals surface area contributed by atoms with Gasteiger partial charge in [0.25, 0.3) is 0 Å². The second kappa shape index (κ2) is 6.31. The maximum Gasteiger partial charge on any atom is 0.0940 e. The maximum atomic E-state index is 5.77. The fourth-order valence-corrected chi connectivity index (χ4v) is 2.83. The molecule has 0 saturated carbocycles. The predicted octanol–water partition coefficient (Wildman–Crippen LogP) is 3.13. The van der Waals surface area contributed by atoms with Gasteiger partial charge in [0.05, 0.1) is 5.01 Å². The van der Waals surface area contributed by atoms with Crippen molar-refractivity contribution in [2.45, 2.75) is 19.9 Å². The van der Waals surface area contributed by atoms with Gasteiger partial charge in [-0.1, -0.05) is 15.9 Å². The minimum absolute atomic E-state index is 0.797. The summed E-state index contributed by atoms with van der Waals surface area (Å²) in [7, 11) is 0. The van der Waals surface area contributed by atoms with Gasteiger partial charge in [-0.15, -0.1) is 11.3 Å². The number of anilines is 1. The molecule has 0 aliphatic rings. The van der Waals surface area contributed by atoms with Gasteiger partial charge < -0.3 is 11.1 Å². The number of aryl methyl sites for hydroxylation is 1. The van der Waals surface area contributed by atoms with Crippen molar-refractivity contribution in [1.82, 2.24) is 10.3 Å². The highest BCUT2D eigenvalue weighted by molar-refractivity contribution is 9.10. The number of nitrogens with zero attached hydrogens (tertiary/aromatic N) is 1. The summed E-state index contributed by atoms with van der Waals surface area (Å²) >= 11 is 5.25. The Kier molecular flexibility index (Phi) is 4.74. The van der Waals surface area contributed by atoms with Crippen LogP contribution >= 0.6 is 27.3 Å². The van der Waals surface area contributed by atoms with Gasteiger partial charge >= 0.3 is 0 Å². The summed E-state index contributed by atoms with van der Waals surface area (Å²) in [5.74, 6) is 0. The molecule has 0 fully saturated rings.